The Morgan fingerprint density at radius 1 is 1.33 bits per heavy atom. The first-order chi connectivity index (χ1) is 13.1. The van der Waals surface area contributed by atoms with Gasteiger partial charge < -0.3 is 24.2 Å². The fourth-order valence-electron chi connectivity index (χ4n) is 2.91. The van der Waals surface area contributed by atoms with Gasteiger partial charge in [0.1, 0.15) is 19.0 Å². The summed E-state index contributed by atoms with van der Waals surface area (Å²) in [6.45, 7) is 4.25. The highest BCUT2D eigenvalue weighted by Gasteiger charge is 2.24. The molecular weight excluding hydrogens is 348 g/mol. The molecule has 0 bridgehead atoms. The number of benzene rings is 1. The first kappa shape index (κ1) is 19.1. The Morgan fingerprint density at radius 3 is 2.93 bits per heavy atom. The van der Waals surface area contributed by atoms with Crippen LogP contribution in [0, 0.1) is 6.92 Å². The molecule has 2 aromatic rings. The highest BCUT2D eigenvalue weighted by Crippen LogP contribution is 2.24. The van der Waals surface area contributed by atoms with E-state index in [0.29, 0.717) is 32.1 Å². The van der Waals surface area contributed by atoms with Gasteiger partial charge >= 0.3 is 5.97 Å². The lowest BCUT2D eigenvalue weighted by Gasteiger charge is -2.37. The Labute approximate surface area is 158 Å². The number of hydrogen-bond acceptors (Lipinski definition) is 6. The van der Waals surface area contributed by atoms with Gasteiger partial charge in [0.2, 0.25) is 0 Å². The second kappa shape index (κ2) is 9.34. The number of carboxylic acid groups (broad SMARTS) is 1. The van der Waals surface area contributed by atoms with Gasteiger partial charge in [-0.1, -0.05) is 29.8 Å². The number of aliphatic carboxylic acids is 1. The van der Waals surface area contributed by atoms with Gasteiger partial charge in [0.05, 0.1) is 43.9 Å². The second-order valence-electron chi connectivity index (χ2n) is 6.48. The van der Waals surface area contributed by atoms with E-state index in [0.717, 1.165) is 11.3 Å². The maximum Gasteiger partial charge on any atom is 0.329 e. The number of anilines is 1. The molecule has 0 saturated carbocycles. The summed E-state index contributed by atoms with van der Waals surface area (Å²) < 4.78 is 16.7. The van der Waals surface area contributed by atoms with Crippen LogP contribution in [0.25, 0.3) is 0 Å². The lowest BCUT2D eigenvalue weighted by Crippen LogP contribution is -2.48. The standard InChI is InChI=1S/C20H24N2O5/c1-15-2-4-16(5-3-15)11-27-19-8-17(9-21-10-19)22-6-7-25-12-18(22)13-26-14-20(23)24/h2-5,8-10,18H,6-7,11-14H2,1H3,(H,23,24)/t18-/m0/s1. The molecule has 1 aromatic heterocycles. The summed E-state index contributed by atoms with van der Waals surface area (Å²) in [7, 11) is 0. The van der Waals surface area contributed by atoms with Gasteiger partial charge in [0.15, 0.2) is 0 Å². The van der Waals surface area contributed by atoms with Crippen LogP contribution in [0.5, 0.6) is 5.75 Å². The number of morpholine rings is 1. The molecule has 1 N–H and O–H groups in total. The van der Waals surface area contributed by atoms with Crippen molar-refractivity contribution < 1.29 is 24.1 Å². The minimum atomic E-state index is -0.980. The monoisotopic (exact) mass is 372 g/mol. The lowest BCUT2D eigenvalue weighted by atomic mass is 10.2. The molecule has 0 amide bonds. The van der Waals surface area contributed by atoms with Crippen molar-refractivity contribution in [3.05, 3.63) is 53.9 Å². The summed E-state index contributed by atoms with van der Waals surface area (Å²) in [5, 5.41) is 8.73. The van der Waals surface area contributed by atoms with E-state index in [9.17, 15) is 4.79 Å². The fourth-order valence-corrected chi connectivity index (χ4v) is 2.91. The number of ether oxygens (including phenoxy) is 3. The summed E-state index contributed by atoms with van der Waals surface area (Å²) in [6, 6.07) is 10.1. The molecule has 1 atom stereocenters. The Kier molecular flexibility index (Phi) is 6.62. The number of pyridine rings is 1. The van der Waals surface area contributed by atoms with Gasteiger partial charge in [-0.3, -0.25) is 4.98 Å². The van der Waals surface area contributed by atoms with Crippen molar-refractivity contribution in [3.63, 3.8) is 0 Å². The molecule has 1 fully saturated rings. The molecule has 7 heteroatoms. The average molecular weight is 372 g/mol. The molecule has 7 nitrogen and oxygen atoms in total. The topological polar surface area (TPSA) is 81.1 Å². The third-order valence-corrected chi connectivity index (χ3v) is 4.32. The number of nitrogens with zero attached hydrogens (tertiary/aromatic N) is 2. The molecule has 1 aliphatic rings. The third kappa shape index (κ3) is 5.67. The average Bonchev–Trinajstić information content (AvgIpc) is 2.68. The van der Waals surface area contributed by atoms with Crippen molar-refractivity contribution in [1.82, 2.24) is 4.98 Å². The summed E-state index contributed by atoms with van der Waals surface area (Å²) in [6.07, 6.45) is 3.46. The van der Waals surface area contributed by atoms with Crippen molar-refractivity contribution in [2.45, 2.75) is 19.6 Å². The molecule has 1 aromatic carbocycles. The largest absolute Gasteiger partial charge is 0.487 e. The zero-order valence-electron chi connectivity index (χ0n) is 15.3. The Bertz CT molecular complexity index is 750. The van der Waals surface area contributed by atoms with Crippen LogP contribution in [0.2, 0.25) is 0 Å². The van der Waals surface area contributed by atoms with E-state index in [4.69, 9.17) is 19.3 Å². The number of carboxylic acids is 1. The first-order valence-corrected chi connectivity index (χ1v) is 8.89. The van der Waals surface area contributed by atoms with E-state index in [1.807, 2.05) is 18.2 Å². The number of aromatic nitrogens is 1. The quantitative estimate of drug-likeness (QED) is 0.761. The highest BCUT2D eigenvalue weighted by molar-refractivity contribution is 5.68. The summed E-state index contributed by atoms with van der Waals surface area (Å²) in [4.78, 5) is 17.1. The number of rotatable bonds is 8. The molecule has 1 aliphatic heterocycles. The Morgan fingerprint density at radius 2 is 2.15 bits per heavy atom. The van der Waals surface area contributed by atoms with Gasteiger partial charge in [-0.2, -0.15) is 0 Å². The minimum absolute atomic E-state index is 0.0627. The Hall–Kier alpha value is -2.64. The molecule has 2 heterocycles. The molecular formula is C20H24N2O5. The second-order valence-corrected chi connectivity index (χ2v) is 6.48. The first-order valence-electron chi connectivity index (χ1n) is 8.89. The van der Waals surface area contributed by atoms with Crippen molar-refractivity contribution in [1.29, 1.82) is 0 Å². The smallest absolute Gasteiger partial charge is 0.329 e. The maximum atomic E-state index is 10.6. The van der Waals surface area contributed by atoms with Gasteiger partial charge in [-0.15, -0.1) is 0 Å². The van der Waals surface area contributed by atoms with E-state index in [-0.39, 0.29) is 19.3 Å². The molecule has 0 aliphatic carbocycles. The fraction of sp³-hybridized carbons (Fsp3) is 0.400. The van der Waals surface area contributed by atoms with E-state index in [1.165, 1.54) is 5.56 Å². The zero-order valence-corrected chi connectivity index (χ0v) is 15.3. The Balaban J connectivity index is 1.63. The van der Waals surface area contributed by atoms with E-state index >= 15 is 0 Å². The minimum Gasteiger partial charge on any atom is -0.487 e. The van der Waals surface area contributed by atoms with E-state index in [2.05, 4.69) is 28.9 Å². The van der Waals surface area contributed by atoms with Crippen LogP contribution in [0.3, 0.4) is 0 Å². The SMILES string of the molecule is Cc1ccc(COc2cncc(N3CCOC[C@H]3COCC(=O)O)c2)cc1. The molecule has 27 heavy (non-hydrogen) atoms. The number of aryl methyl sites for hydroxylation is 1. The van der Waals surface area contributed by atoms with Gasteiger partial charge in [0, 0.05) is 12.6 Å². The van der Waals surface area contributed by atoms with Crippen LogP contribution in [-0.2, 0) is 20.9 Å². The van der Waals surface area contributed by atoms with Crippen LogP contribution >= 0.6 is 0 Å². The van der Waals surface area contributed by atoms with Crippen LogP contribution in [0.4, 0.5) is 5.69 Å². The lowest BCUT2D eigenvalue weighted by molar-refractivity contribution is -0.142. The van der Waals surface area contributed by atoms with Crippen LogP contribution in [-0.4, -0.2) is 55.1 Å². The molecule has 0 spiro atoms. The van der Waals surface area contributed by atoms with Crippen molar-refractivity contribution in [2.75, 3.05) is 37.9 Å². The molecule has 1 saturated heterocycles. The maximum absolute atomic E-state index is 10.6. The molecule has 0 radical (unpaired) electrons. The molecule has 144 valence electrons. The number of carbonyl (C=O) groups is 1. The predicted octanol–water partition coefficient (Wildman–Crippen LogP) is 2.28. The van der Waals surface area contributed by atoms with Crippen molar-refractivity contribution in [3.8, 4) is 5.75 Å². The molecule has 3 rings (SSSR count). The molecule has 0 unspecified atom stereocenters. The highest BCUT2D eigenvalue weighted by atomic mass is 16.5. The normalized spacial score (nSPS) is 16.9. The number of hydrogen-bond donors (Lipinski definition) is 1. The summed E-state index contributed by atoms with van der Waals surface area (Å²) >= 11 is 0. The third-order valence-electron chi connectivity index (χ3n) is 4.32. The van der Waals surface area contributed by atoms with Gasteiger partial charge in [-0.05, 0) is 12.5 Å². The zero-order chi connectivity index (χ0) is 19.1. The van der Waals surface area contributed by atoms with E-state index in [1.54, 1.807) is 12.4 Å². The van der Waals surface area contributed by atoms with Crippen LogP contribution in [0.15, 0.2) is 42.7 Å². The van der Waals surface area contributed by atoms with Gasteiger partial charge in [-0.25, -0.2) is 4.79 Å². The summed E-state index contributed by atoms with van der Waals surface area (Å²) in [5.41, 5.74) is 3.21. The van der Waals surface area contributed by atoms with E-state index < -0.39 is 5.97 Å². The van der Waals surface area contributed by atoms with Crippen molar-refractivity contribution >= 4 is 11.7 Å². The van der Waals surface area contributed by atoms with Crippen LogP contribution in [0.1, 0.15) is 11.1 Å². The van der Waals surface area contributed by atoms with Crippen molar-refractivity contribution in [2.24, 2.45) is 0 Å². The van der Waals surface area contributed by atoms with Gasteiger partial charge in [0.25, 0.3) is 0 Å². The van der Waals surface area contributed by atoms with Crippen LogP contribution < -0.4 is 9.64 Å². The predicted molar refractivity (Wildman–Crippen MR) is 100 cm³/mol. The summed E-state index contributed by atoms with van der Waals surface area (Å²) in [5.74, 6) is -0.295.